The molecule has 10 heavy (non-hydrogen) atoms. The van der Waals surface area contributed by atoms with Crippen LogP contribution in [0.1, 0.15) is 6.42 Å². The molecule has 0 aliphatic rings. The van der Waals surface area contributed by atoms with E-state index in [4.69, 9.17) is 9.84 Å². The van der Waals surface area contributed by atoms with Crippen LogP contribution >= 0.6 is 0 Å². The van der Waals surface area contributed by atoms with Crippen LogP contribution < -0.4 is 0 Å². The fraction of sp³-hybridized carbons (Fsp3) is 0.500. The molecule has 0 aromatic rings. The minimum atomic E-state index is -0.440. The van der Waals surface area contributed by atoms with Gasteiger partial charge in [0, 0.05) is 13.0 Å². The lowest BCUT2D eigenvalue weighted by Crippen LogP contribution is -2.06. The molecule has 0 heterocycles. The van der Waals surface area contributed by atoms with Crippen molar-refractivity contribution in [1.82, 2.24) is 0 Å². The van der Waals surface area contributed by atoms with Gasteiger partial charge in [-0.05, 0) is 0 Å². The Balaban J connectivity index is 3.02. The third-order valence-corrected chi connectivity index (χ3v) is 1.07. The molecule has 0 aliphatic carbocycles. The lowest BCUT2D eigenvalue weighted by atomic mass is 10.3. The second kappa shape index (κ2) is 6.52. The van der Waals surface area contributed by atoms with E-state index in [1.807, 2.05) is 0 Å². The fourth-order valence-corrected chi connectivity index (χ4v) is 0.489. The minimum Gasteiger partial charge on any atom is -0.389 e. The van der Waals surface area contributed by atoms with E-state index >= 15 is 0 Å². The molecule has 0 rings (SSSR count). The van der Waals surface area contributed by atoms with Crippen LogP contribution in [0, 0.1) is 0 Å². The van der Waals surface area contributed by atoms with Crippen LogP contribution in [-0.4, -0.2) is 24.4 Å². The van der Waals surface area contributed by atoms with Crippen molar-refractivity contribution in [1.29, 1.82) is 0 Å². The van der Waals surface area contributed by atoms with E-state index in [9.17, 15) is 0 Å². The van der Waals surface area contributed by atoms with Crippen LogP contribution in [0.2, 0.25) is 0 Å². The largest absolute Gasteiger partial charge is 0.389 e. The van der Waals surface area contributed by atoms with Gasteiger partial charge in [0.1, 0.15) is 0 Å². The molecule has 1 N–H and O–H groups in total. The zero-order chi connectivity index (χ0) is 7.82. The summed E-state index contributed by atoms with van der Waals surface area (Å²) in [7, 11) is 0. The molecular weight excluding hydrogens is 128 g/mol. The van der Waals surface area contributed by atoms with Gasteiger partial charge in [-0.3, -0.25) is 0 Å². The predicted molar refractivity (Wildman–Crippen MR) is 41.8 cm³/mol. The molecule has 0 aromatic carbocycles. The van der Waals surface area contributed by atoms with Gasteiger partial charge in [0.2, 0.25) is 0 Å². The molecule has 1 atom stereocenters. The average Bonchev–Trinajstić information content (AvgIpc) is 1.98. The van der Waals surface area contributed by atoms with Crippen LogP contribution in [0.3, 0.4) is 0 Å². The summed E-state index contributed by atoms with van der Waals surface area (Å²) >= 11 is 0. The molecular formula is C8H14O2. The van der Waals surface area contributed by atoms with Crippen molar-refractivity contribution in [3.63, 3.8) is 0 Å². The van der Waals surface area contributed by atoms with Gasteiger partial charge < -0.3 is 9.84 Å². The van der Waals surface area contributed by atoms with Crippen molar-refractivity contribution in [3.05, 3.63) is 25.3 Å². The summed E-state index contributed by atoms with van der Waals surface area (Å²) in [5.74, 6) is 0. The molecule has 2 nitrogen and oxygen atoms in total. The van der Waals surface area contributed by atoms with Crippen LogP contribution in [0.15, 0.2) is 25.3 Å². The molecule has 0 fully saturated rings. The molecule has 2 heteroatoms. The zero-order valence-corrected chi connectivity index (χ0v) is 6.12. The molecule has 58 valence electrons. The van der Waals surface area contributed by atoms with Gasteiger partial charge in [0.05, 0.1) is 12.7 Å². The van der Waals surface area contributed by atoms with Crippen molar-refractivity contribution in [3.8, 4) is 0 Å². The highest BCUT2D eigenvalue weighted by Gasteiger charge is 1.95. The lowest BCUT2D eigenvalue weighted by Gasteiger charge is -2.03. The summed E-state index contributed by atoms with van der Waals surface area (Å²) in [6.07, 6.45) is 3.35. The van der Waals surface area contributed by atoms with Crippen molar-refractivity contribution >= 4 is 0 Å². The van der Waals surface area contributed by atoms with Gasteiger partial charge in [-0.15, -0.1) is 13.2 Å². The number of ether oxygens (including phenoxy) is 1. The number of hydrogen-bond donors (Lipinski definition) is 1. The molecule has 0 amide bonds. The standard InChI is InChI=1S/C8H14O2/c1-3-6-10-7-5-8(9)4-2/h3-4,8-9H,1-2,5-7H2. The van der Waals surface area contributed by atoms with Crippen molar-refractivity contribution in [2.75, 3.05) is 13.2 Å². The maximum absolute atomic E-state index is 8.93. The maximum Gasteiger partial charge on any atom is 0.0740 e. The van der Waals surface area contributed by atoms with E-state index in [1.165, 1.54) is 6.08 Å². The highest BCUT2D eigenvalue weighted by molar-refractivity contribution is 4.77. The van der Waals surface area contributed by atoms with Gasteiger partial charge in [-0.2, -0.15) is 0 Å². The van der Waals surface area contributed by atoms with Gasteiger partial charge >= 0.3 is 0 Å². The number of aliphatic hydroxyl groups excluding tert-OH is 1. The summed E-state index contributed by atoms with van der Waals surface area (Å²) in [5, 5.41) is 8.93. The molecule has 0 bridgehead atoms. The minimum absolute atomic E-state index is 0.440. The Morgan fingerprint density at radius 1 is 1.50 bits per heavy atom. The Kier molecular flexibility index (Phi) is 6.13. The predicted octanol–water partition coefficient (Wildman–Crippen LogP) is 1.13. The van der Waals surface area contributed by atoms with Gasteiger partial charge in [0.15, 0.2) is 0 Å². The van der Waals surface area contributed by atoms with E-state index in [0.717, 1.165) is 0 Å². The van der Waals surface area contributed by atoms with E-state index < -0.39 is 6.10 Å². The van der Waals surface area contributed by atoms with Gasteiger partial charge in [-0.25, -0.2) is 0 Å². The lowest BCUT2D eigenvalue weighted by molar-refractivity contribution is 0.116. The molecule has 0 spiro atoms. The van der Waals surface area contributed by atoms with Crippen molar-refractivity contribution < 1.29 is 9.84 Å². The first-order valence-corrected chi connectivity index (χ1v) is 3.30. The SMILES string of the molecule is C=CCOCCC(O)C=C. The zero-order valence-electron chi connectivity index (χ0n) is 6.12. The first-order valence-electron chi connectivity index (χ1n) is 3.30. The average molecular weight is 142 g/mol. The highest BCUT2D eigenvalue weighted by atomic mass is 16.5. The van der Waals surface area contributed by atoms with Crippen LogP contribution in [0.5, 0.6) is 0 Å². The third-order valence-electron chi connectivity index (χ3n) is 1.07. The van der Waals surface area contributed by atoms with Gasteiger partial charge in [0.25, 0.3) is 0 Å². The molecule has 1 unspecified atom stereocenters. The summed E-state index contributed by atoms with van der Waals surface area (Å²) < 4.78 is 5.03. The Hall–Kier alpha value is -0.600. The molecule has 0 aromatic heterocycles. The molecule has 0 radical (unpaired) electrons. The fourth-order valence-electron chi connectivity index (χ4n) is 0.489. The van der Waals surface area contributed by atoms with E-state index in [2.05, 4.69) is 13.2 Å². The summed E-state index contributed by atoms with van der Waals surface area (Å²) in [5.41, 5.74) is 0. The van der Waals surface area contributed by atoms with Crippen LogP contribution in [-0.2, 0) is 4.74 Å². The molecule has 0 saturated heterocycles. The van der Waals surface area contributed by atoms with Gasteiger partial charge in [-0.1, -0.05) is 12.2 Å². The van der Waals surface area contributed by atoms with E-state index in [1.54, 1.807) is 6.08 Å². The summed E-state index contributed by atoms with van der Waals surface area (Å²) in [6, 6.07) is 0. The Labute approximate surface area is 61.8 Å². The topological polar surface area (TPSA) is 29.5 Å². The number of rotatable bonds is 6. The number of hydrogen-bond acceptors (Lipinski definition) is 2. The third kappa shape index (κ3) is 5.54. The van der Waals surface area contributed by atoms with Crippen molar-refractivity contribution in [2.24, 2.45) is 0 Å². The maximum atomic E-state index is 8.93. The van der Waals surface area contributed by atoms with Crippen LogP contribution in [0.4, 0.5) is 0 Å². The molecule has 0 aliphatic heterocycles. The molecule has 0 saturated carbocycles. The normalized spacial score (nSPS) is 12.5. The summed E-state index contributed by atoms with van der Waals surface area (Å²) in [4.78, 5) is 0. The van der Waals surface area contributed by atoms with E-state index in [0.29, 0.717) is 19.6 Å². The Bertz CT molecular complexity index is 99.4. The smallest absolute Gasteiger partial charge is 0.0740 e. The highest BCUT2D eigenvalue weighted by Crippen LogP contribution is 1.92. The second-order valence-corrected chi connectivity index (χ2v) is 1.96. The van der Waals surface area contributed by atoms with Crippen molar-refractivity contribution in [2.45, 2.75) is 12.5 Å². The first-order chi connectivity index (χ1) is 4.81. The van der Waals surface area contributed by atoms with E-state index in [-0.39, 0.29) is 0 Å². The Morgan fingerprint density at radius 3 is 2.70 bits per heavy atom. The first kappa shape index (κ1) is 9.40. The monoisotopic (exact) mass is 142 g/mol. The second-order valence-electron chi connectivity index (χ2n) is 1.96. The summed E-state index contributed by atoms with van der Waals surface area (Å²) in [6.45, 7) is 8.02. The quantitative estimate of drug-likeness (QED) is 0.445. The van der Waals surface area contributed by atoms with Crippen LogP contribution in [0.25, 0.3) is 0 Å². The Morgan fingerprint density at radius 2 is 2.20 bits per heavy atom. The number of aliphatic hydroxyl groups is 1.